The Balaban J connectivity index is 1.30. The molecule has 0 aliphatic carbocycles. The number of nitrogens with zero attached hydrogens (tertiary/aromatic N) is 2. The highest BCUT2D eigenvalue weighted by Crippen LogP contribution is 2.50. The first-order valence-corrected chi connectivity index (χ1v) is 14.6. The minimum Gasteiger partial charge on any atom is -0.497 e. The minimum absolute atomic E-state index is 0.303. The molecule has 0 bridgehead atoms. The van der Waals surface area contributed by atoms with E-state index in [2.05, 4.69) is 9.97 Å². The Morgan fingerprint density at radius 2 is 1.09 bits per heavy atom. The molecule has 0 amide bonds. The van der Waals surface area contributed by atoms with Gasteiger partial charge in [-0.2, -0.15) is 0 Å². The maximum absolute atomic E-state index is 6.93. The minimum atomic E-state index is -0.558. The molecule has 8 rings (SSSR count). The van der Waals surface area contributed by atoms with Crippen molar-refractivity contribution < 1.29 is 28.4 Å². The molecule has 0 radical (unpaired) electrons. The van der Waals surface area contributed by atoms with Crippen LogP contribution in [0.4, 0.5) is 0 Å². The van der Waals surface area contributed by atoms with E-state index in [1.807, 2.05) is 97.1 Å². The van der Waals surface area contributed by atoms with Crippen LogP contribution in [-0.4, -0.2) is 24.2 Å². The normalized spacial score (nSPS) is 15.8. The van der Waals surface area contributed by atoms with Crippen LogP contribution in [0.2, 0.25) is 5.15 Å². The van der Waals surface area contributed by atoms with Crippen molar-refractivity contribution >= 4 is 22.5 Å². The molecule has 0 saturated heterocycles. The molecule has 0 saturated carbocycles. The van der Waals surface area contributed by atoms with Crippen LogP contribution < -0.4 is 28.4 Å². The lowest BCUT2D eigenvalue weighted by Crippen LogP contribution is -2.18. The number of aromatic nitrogens is 2. The Hall–Kier alpha value is -5.47. The van der Waals surface area contributed by atoms with Crippen LogP contribution in [0.25, 0.3) is 10.9 Å². The number of para-hydroxylation sites is 2. The Kier molecular flexibility index (Phi) is 6.57. The van der Waals surface area contributed by atoms with Crippen molar-refractivity contribution in [3.8, 4) is 46.0 Å². The van der Waals surface area contributed by atoms with Gasteiger partial charge < -0.3 is 28.4 Å². The van der Waals surface area contributed by atoms with Gasteiger partial charge in [0.1, 0.15) is 46.0 Å². The van der Waals surface area contributed by atoms with Crippen LogP contribution in [0, 0.1) is 0 Å². The highest BCUT2D eigenvalue weighted by molar-refractivity contribution is 6.34. The summed E-state index contributed by atoms with van der Waals surface area (Å²) in [5, 5.41) is 0.930. The standard InChI is InChI=1S/C36H25ClN2O6/c1-40-20-11-13-30-25(15-20)34(22-7-3-5-9-28(22)42-30)44-32-17-24-27(38-19-39-36(24)37)18-33(32)45-35-23-8-4-6-10-29(23)43-31-14-12-21(41-2)16-26(31)35/h3-19,34-35H,1-2H3. The van der Waals surface area contributed by atoms with Gasteiger partial charge in [-0.15, -0.1) is 0 Å². The molecular formula is C36H25ClN2O6. The summed E-state index contributed by atoms with van der Waals surface area (Å²) in [6.45, 7) is 0. The Morgan fingerprint density at radius 1 is 0.578 bits per heavy atom. The second-order valence-electron chi connectivity index (χ2n) is 10.6. The van der Waals surface area contributed by atoms with Crippen molar-refractivity contribution in [1.29, 1.82) is 0 Å². The second-order valence-corrected chi connectivity index (χ2v) is 10.9. The maximum Gasteiger partial charge on any atom is 0.164 e. The molecular weight excluding hydrogens is 592 g/mol. The number of halogens is 1. The van der Waals surface area contributed by atoms with E-state index in [-0.39, 0.29) is 0 Å². The molecule has 6 aromatic rings. The molecule has 2 unspecified atom stereocenters. The largest absolute Gasteiger partial charge is 0.497 e. The van der Waals surface area contributed by atoms with Crippen LogP contribution in [0.1, 0.15) is 34.5 Å². The summed E-state index contributed by atoms with van der Waals surface area (Å²) in [4.78, 5) is 8.69. The molecule has 0 spiro atoms. The van der Waals surface area contributed by atoms with Crippen LogP contribution in [0.15, 0.2) is 103 Å². The summed E-state index contributed by atoms with van der Waals surface area (Å²) >= 11 is 6.57. The smallest absolute Gasteiger partial charge is 0.164 e. The highest BCUT2D eigenvalue weighted by Gasteiger charge is 2.33. The molecule has 222 valence electrons. The molecule has 3 heterocycles. The lowest BCUT2D eigenvalue weighted by molar-refractivity contribution is 0.188. The van der Waals surface area contributed by atoms with Gasteiger partial charge in [-0.3, -0.25) is 0 Å². The summed E-state index contributed by atoms with van der Waals surface area (Å²) < 4.78 is 37.5. The van der Waals surface area contributed by atoms with E-state index in [4.69, 9.17) is 40.0 Å². The molecule has 1 aromatic heterocycles. The first-order chi connectivity index (χ1) is 22.1. The average Bonchev–Trinajstić information content (AvgIpc) is 3.08. The molecule has 45 heavy (non-hydrogen) atoms. The molecule has 8 nitrogen and oxygen atoms in total. The summed E-state index contributed by atoms with van der Waals surface area (Å²) in [7, 11) is 3.26. The van der Waals surface area contributed by atoms with Crippen LogP contribution in [-0.2, 0) is 0 Å². The number of ether oxygens (including phenoxy) is 6. The zero-order chi connectivity index (χ0) is 30.5. The fraction of sp³-hybridized carbons (Fsp3) is 0.111. The van der Waals surface area contributed by atoms with Crippen LogP contribution >= 0.6 is 11.6 Å². The van der Waals surface area contributed by atoms with Gasteiger partial charge >= 0.3 is 0 Å². The van der Waals surface area contributed by atoms with Gasteiger partial charge in [0, 0.05) is 33.7 Å². The lowest BCUT2D eigenvalue weighted by atomic mass is 9.96. The van der Waals surface area contributed by atoms with Crippen molar-refractivity contribution in [2.24, 2.45) is 0 Å². The molecule has 2 atom stereocenters. The fourth-order valence-electron chi connectivity index (χ4n) is 5.78. The molecule has 0 fully saturated rings. The van der Waals surface area contributed by atoms with Crippen molar-refractivity contribution in [2.75, 3.05) is 14.2 Å². The van der Waals surface area contributed by atoms with Crippen LogP contribution in [0.5, 0.6) is 46.0 Å². The maximum atomic E-state index is 6.93. The molecule has 0 N–H and O–H groups in total. The zero-order valence-corrected chi connectivity index (χ0v) is 24.9. The van der Waals surface area contributed by atoms with E-state index in [0.29, 0.717) is 62.1 Å². The number of rotatable bonds is 6. The van der Waals surface area contributed by atoms with Crippen molar-refractivity contribution in [3.63, 3.8) is 0 Å². The molecule has 9 heteroatoms. The summed E-state index contributed by atoms with van der Waals surface area (Å²) in [5.74, 6) is 5.02. The number of hydrogen-bond donors (Lipinski definition) is 0. The first kappa shape index (κ1) is 27.1. The van der Waals surface area contributed by atoms with Gasteiger partial charge in [0.05, 0.1) is 19.7 Å². The van der Waals surface area contributed by atoms with Gasteiger partial charge in [0.2, 0.25) is 0 Å². The van der Waals surface area contributed by atoms with Crippen molar-refractivity contribution in [2.45, 2.75) is 12.2 Å². The SMILES string of the molecule is COc1ccc2c(c1)C(Oc1cc3ncnc(Cl)c3cc1OC1c3ccccc3Oc3ccc(OC)cc31)c1ccccc1O2. The number of hydrogen-bond acceptors (Lipinski definition) is 8. The van der Waals surface area contributed by atoms with Gasteiger partial charge in [-0.05, 0) is 54.6 Å². The first-order valence-electron chi connectivity index (χ1n) is 14.3. The van der Waals surface area contributed by atoms with E-state index < -0.39 is 12.2 Å². The molecule has 2 aliphatic heterocycles. The third-order valence-corrected chi connectivity index (χ3v) is 8.28. The third kappa shape index (κ3) is 4.71. The van der Waals surface area contributed by atoms with E-state index in [9.17, 15) is 0 Å². The predicted octanol–water partition coefficient (Wildman–Crippen LogP) is 8.85. The summed E-state index contributed by atoms with van der Waals surface area (Å²) in [6, 6.07) is 30.6. The van der Waals surface area contributed by atoms with Gasteiger partial charge in [0.25, 0.3) is 0 Å². The monoisotopic (exact) mass is 616 g/mol. The topological polar surface area (TPSA) is 81.2 Å². The Labute approximate surface area is 263 Å². The van der Waals surface area contributed by atoms with E-state index in [0.717, 1.165) is 22.3 Å². The van der Waals surface area contributed by atoms with Crippen molar-refractivity contribution in [1.82, 2.24) is 9.97 Å². The third-order valence-electron chi connectivity index (χ3n) is 7.98. The number of methoxy groups -OCH3 is 2. The number of benzene rings is 5. The number of fused-ring (bicyclic) bond motifs is 5. The quantitative estimate of drug-likeness (QED) is 0.172. The highest BCUT2D eigenvalue weighted by atomic mass is 35.5. The van der Waals surface area contributed by atoms with Crippen LogP contribution in [0.3, 0.4) is 0 Å². The summed E-state index contributed by atoms with van der Waals surface area (Å²) in [5.41, 5.74) is 3.94. The predicted molar refractivity (Wildman–Crippen MR) is 169 cm³/mol. The van der Waals surface area contributed by atoms with Gasteiger partial charge in [-0.1, -0.05) is 48.0 Å². The fourth-order valence-corrected chi connectivity index (χ4v) is 5.97. The molecule has 5 aromatic carbocycles. The Morgan fingerprint density at radius 3 is 1.64 bits per heavy atom. The Bertz CT molecular complexity index is 2100. The van der Waals surface area contributed by atoms with Gasteiger partial charge in [0.15, 0.2) is 23.7 Å². The average molecular weight is 617 g/mol. The lowest BCUT2D eigenvalue weighted by Gasteiger charge is -2.31. The van der Waals surface area contributed by atoms with Crippen molar-refractivity contribution in [3.05, 3.63) is 131 Å². The van der Waals surface area contributed by atoms with E-state index in [1.54, 1.807) is 14.2 Å². The second kappa shape index (κ2) is 10.9. The zero-order valence-electron chi connectivity index (χ0n) is 24.2. The summed E-state index contributed by atoms with van der Waals surface area (Å²) in [6.07, 6.45) is 0.319. The van der Waals surface area contributed by atoms with Gasteiger partial charge in [-0.25, -0.2) is 9.97 Å². The van der Waals surface area contributed by atoms with E-state index >= 15 is 0 Å². The molecule has 2 aliphatic rings. The van der Waals surface area contributed by atoms with E-state index in [1.165, 1.54) is 6.33 Å².